The summed E-state index contributed by atoms with van der Waals surface area (Å²) < 4.78 is 7.00. The predicted molar refractivity (Wildman–Crippen MR) is 110 cm³/mol. The number of benzene rings is 2. The average Bonchev–Trinajstić information content (AvgIpc) is 3.20. The fourth-order valence-corrected chi connectivity index (χ4v) is 3.64. The summed E-state index contributed by atoms with van der Waals surface area (Å²) in [4.78, 5) is 15.1. The molecule has 166 valence electrons. The van der Waals surface area contributed by atoms with Crippen LogP contribution in [0.15, 0.2) is 48.8 Å². The Hall–Kier alpha value is -2.53. The molecule has 3 aromatic rings. The third kappa shape index (κ3) is 4.42. The maximum absolute atomic E-state index is 10.2. The lowest BCUT2D eigenvalue weighted by Gasteiger charge is -2.38. The van der Waals surface area contributed by atoms with Gasteiger partial charge in [-0.05, 0) is 29.7 Å². The summed E-state index contributed by atoms with van der Waals surface area (Å²) in [5.41, 5.74) is 3.72. The molecule has 1 fully saturated rings. The third-order valence-electron chi connectivity index (χ3n) is 5.48. The molecule has 0 radical (unpaired) electrons. The first-order chi connectivity index (χ1) is 15.0. The fraction of sp³-hybridized carbons (Fsp3) is 0.409. The van der Waals surface area contributed by atoms with E-state index in [-0.39, 0.29) is 0 Å². The van der Waals surface area contributed by atoms with Gasteiger partial charge in [-0.3, -0.25) is 0 Å². The maximum Gasteiger partial charge on any atom is 0.191 e. The van der Waals surface area contributed by atoms with Crippen molar-refractivity contribution in [2.24, 2.45) is 0 Å². The molecule has 9 heteroatoms. The first kappa shape index (κ1) is 21.7. The third-order valence-corrected chi connectivity index (χ3v) is 5.48. The van der Waals surface area contributed by atoms with Crippen LogP contribution in [0.5, 0.6) is 5.75 Å². The van der Waals surface area contributed by atoms with E-state index in [1.54, 1.807) is 18.5 Å². The molecule has 1 aliphatic rings. The van der Waals surface area contributed by atoms with Crippen LogP contribution in [0.1, 0.15) is 18.1 Å². The van der Waals surface area contributed by atoms with Gasteiger partial charge in [0.2, 0.25) is 0 Å². The molecule has 0 amide bonds. The molecule has 31 heavy (non-hydrogen) atoms. The maximum atomic E-state index is 10.2. The molecule has 1 aromatic heterocycles. The zero-order valence-corrected chi connectivity index (χ0v) is 17.0. The minimum Gasteiger partial charge on any atom is -0.394 e. The molecule has 1 unspecified atom stereocenters. The Morgan fingerprint density at radius 2 is 1.77 bits per heavy atom. The van der Waals surface area contributed by atoms with Gasteiger partial charge in [0.25, 0.3) is 0 Å². The van der Waals surface area contributed by atoms with E-state index >= 15 is 0 Å². The summed E-state index contributed by atoms with van der Waals surface area (Å²) in [6.07, 6.45) is -4.35. The van der Waals surface area contributed by atoms with Crippen molar-refractivity contribution < 1.29 is 34.9 Å². The first-order valence-electron chi connectivity index (χ1n) is 10.2. The van der Waals surface area contributed by atoms with Gasteiger partial charge in [-0.2, -0.15) is 4.89 Å². The van der Waals surface area contributed by atoms with Gasteiger partial charge in [-0.1, -0.05) is 37.3 Å². The largest absolute Gasteiger partial charge is 0.394 e. The number of aliphatic hydroxyl groups excluding tert-OH is 4. The van der Waals surface area contributed by atoms with E-state index in [0.29, 0.717) is 23.3 Å². The van der Waals surface area contributed by atoms with Gasteiger partial charge in [0, 0.05) is 6.54 Å². The van der Waals surface area contributed by atoms with Crippen molar-refractivity contribution in [3.8, 4) is 5.75 Å². The number of hydrogen-bond acceptors (Lipinski definition) is 8. The zero-order chi connectivity index (χ0) is 22.0. The summed E-state index contributed by atoms with van der Waals surface area (Å²) in [6.45, 7) is 2.12. The van der Waals surface area contributed by atoms with E-state index in [0.717, 1.165) is 12.0 Å². The summed E-state index contributed by atoms with van der Waals surface area (Å²) in [6, 6.07) is 13.6. The molecule has 2 heterocycles. The van der Waals surface area contributed by atoms with Gasteiger partial charge in [-0.15, -0.1) is 0 Å². The van der Waals surface area contributed by atoms with E-state index in [2.05, 4.69) is 36.2 Å². The van der Waals surface area contributed by atoms with Crippen LogP contribution in [0, 0.1) is 0 Å². The average molecular weight is 430 g/mol. The van der Waals surface area contributed by atoms with Crippen LogP contribution in [0.2, 0.25) is 0 Å². The van der Waals surface area contributed by atoms with Crippen LogP contribution in [0.4, 0.5) is 0 Å². The highest BCUT2D eigenvalue weighted by atomic mass is 17.2. The summed E-state index contributed by atoms with van der Waals surface area (Å²) in [5, 5.41) is 39.5. The van der Waals surface area contributed by atoms with Crippen LogP contribution in [0.3, 0.4) is 0 Å². The number of hydrogen-bond donors (Lipinski definition) is 4. The molecule has 1 saturated heterocycles. The molecule has 0 spiro atoms. The lowest BCUT2D eigenvalue weighted by Crippen LogP contribution is -2.59. The van der Waals surface area contributed by atoms with Crippen LogP contribution in [-0.2, 0) is 22.6 Å². The monoisotopic (exact) mass is 430 g/mol. The Labute approximate surface area is 179 Å². The van der Waals surface area contributed by atoms with Crippen molar-refractivity contribution >= 4 is 11.0 Å². The van der Waals surface area contributed by atoms with Crippen LogP contribution < -0.4 is 4.89 Å². The topological polar surface area (TPSA) is 126 Å². The number of rotatable bonds is 7. The Kier molecular flexibility index (Phi) is 6.51. The van der Waals surface area contributed by atoms with Crippen molar-refractivity contribution in [2.75, 3.05) is 6.61 Å². The smallest absolute Gasteiger partial charge is 0.191 e. The van der Waals surface area contributed by atoms with Crippen molar-refractivity contribution in [2.45, 2.75) is 50.6 Å². The highest BCUT2D eigenvalue weighted by molar-refractivity contribution is 5.82. The molecule has 0 aliphatic carbocycles. The molecule has 0 bridgehead atoms. The van der Waals surface area contributed by atoms with Gasteiger partial charge in [0.1, 0.15) is 23.8 Å². The standard InChI is InChI=1S/C22H26N2O7/c1-2-13-6-8-14(9-7-13)10-24-12-23-15-4-3-5-16(18(15)24)30-31-21-20(27)19(26)17(11-25)29-22(21)28/h3-9,12,17,19-22,25-28H,2,10-11H2,1H3/t17-,19-,20+,21-,22?/m1/s1. The summed E-state index contributed by atoms with van der Waals surface area (Å²) in [5.74, 6) is 0.332. The number of aliphatic hydroxyl groups is 4. The van der Waals surface area contributed by atoms with Crippen LogP contribution >= 0.6 is 0 Å². The molecular formula is C22H26N2O7. The summed E-state index contributed by atoms with van der Waals surface area (Å²) >= 11 is 0. The van der Waals surface area contributed by atoms with Gasteiger partial charge in [0.05, 0.1) is 18.5 Å². The Morgan fingerprint density at radius 3 is 2.48 bits per heavy atom. The minimum atomic E-state index is -1.59. The molecule has 5 atom stereocenters. The quantitative estimate of drug-likeness (QED) is 0.320. The second-order valence-electron chi connectivity index (χ2n) is 7.54. The second-order valence-corrected chi connectivity index (χ2v) is 7.54. The first-order valence-corrected chi connectivity index (χ1v) is 10.2. The number of aryl methyl sites for hydroxylation is 1. The minimum absolute atomic E-state index is 0.332. The van der Waals surface area contributed by atoms with Crippen LogP contribution in [-0.4, -0.2) is 67.3 Å². The Morgan fingerprint density at radius 1 is 1.03 bits per heavy atom. The molecule has 4 rings (SSSR count). The van der Waals surface area contributed by atoms with Gasteiger partial charge >= 0.3 is 0 Å². The van der Waals surface area contributed by atoms with Crippen molar-refractivity contribution in [3.05, 3.63) is 59.9 Å². The van der Waals surface area contributed by atoms with E-state index in [4.69, 9.17) is 14.5 Å². The van der Waals surface area contributed by atoms with E-state index in [1.165, 1.54) is 5.56 Å². The number of para-hydroxylation sites is 1. The van der Waals surface area contributed by atoms with Gasteiger partial charge in [-0.25, -0.2) is 4.98 Å². The molecule has 1 aliphatic heterocycles. The Bertz CT molecular complexity index is 1010. The zero-order valence-electron chi connectivity index (χ0n) is 17.0. The number of nitrogens with zero attached hydrogens (tertiary/aromatic N) is 2. The molecule has 2 aromatic carbocycles. The number of imidazole rings is 1. The molecule has 4 N–H and O–H groups in total. The fourth-order valence-electron chi connectivity index (χ4n) is 3.64. The highest BCUT2D eigenvalue weighted by Gasteiger charge is 2.45. The SMILES string of the molecule is CCc1ccc(Cn2cnc3cccc(OO[C@H]4C(O)O[C@H](CO)[C@@H](O)[C@@H]4O)c32)cc1. The number of ether oxygens (including phenoxy) is 1. The molecular weight excluding hydrogens is 404 g/mol. The lowest BCUT2D eigenvalue weighted by atomic mass is 9.99. The molecule has 0 saturated carbocycles. The number of fused-ring (bicyclic) bond motifs is 1. The normalized spacial score (nSPS) is 26.3. The predicted octanol–water partition coefficient (Wildman–Crippen LogP) is 0.757. The van der Waals surface area contributed by atoms with E-state index in [1.807, 2.05) is 10.6 Å². The number of aromatic nitrogens is 2. The molecule has 9 nitrogen and oxygen atoms in total. The van der Waals surface area contributed by atoms with Crippen molar-refractivity contribution in [1.82, 2.24) is 9.55 Å². The van der Waals surface area contributed by atoms with Crippen molar-refractivity contribution in [1.29, 1.82) is 0 Å². The van der Waals surface area contributed by atoms with Gasteiger partial charge in [0.15, 0.2) is 18.1 Å². The van der Waals surface area contributed by atoms with E-state index < -0.39 is 37.3 Å². The van der Waals surface area contributed by atoms with E-state index in [9.17, 15) is 20.4 Å². The Balaban J connectivity index is 1.53. The highest BCUT2D eigenvalue weighted by Crippen LogP contribution is 2.28. The lowest BCUT2D eigenvalue weighted by molar-refractivity contribution is -0.364. The van der Waals surface area contributed by atoms with Crippen molar-refractivity contribution in [3.63, 3.8) is 0 Å². The van der Waals surface area contributed by atoms with Gasteiger partial charge < -0.3 is 34.6 Å². The second kappa shape index (κ2) is 9.31. The summed E-state index contributed by atoms with van der Waals surface area (Å²) in [7, 11) is 0. The van der Waals surface area contributed by atoms with Crippen LogP contribution in [0.25, 0.3) is 11.0 Å².